The highest BCUT2D eigenvalue weighted by Gasteiger charge is 2.33. The van der Waals surface area contributed by atoms with Gasteiger partial charge in [-0.05, 0) is 60.0 Å². The zero-order valence-corrected chi connectivity index (χ0v) is 25.2. The lowest BCUT2D eigenvalue weighted by molar-refractivity contribution is -0.141. The van der Waals surface area contributed by atoms with Crippen molar-refractivity contribution in [3.63, 3.8) is 0 Å². The molecule has 4 aromatic carbocycles. The van der Waals surface area contributed by atoms with Crippen molar-refractivity contribution in [1.29, 1.82) is 0 Å². The van der Waals surface area contributed by atoms with Crippen molar-refractivity contribution < 1.29 is 22.7 Å². The monoisotopic (exact) mass is 587 g/mol. The van der Waals surface area contributed by atoms with Gasteiger partial charge in [-0.3, -0.25) is 9.59 Å². The molecule has 4 aromatic rings. The molecule has 0 saturated heterocycles. The maximum Gasteiger partial charge on any atom is 0.243 e. The van der Waals surface area contributed by atoms with Crippen LogP contribution in [0.4, 0.5) is 0 Å². The Morgan fingerprint density at radius 3 is 2.19 bits per heavy atom. The van der Waals surface area contributed by atoms with Crippen LogP contribution in [0, 0.1) is 0 Å². The molecule has 0 radical (unpaired) electrons. The largest absolute Gasteiger partial charge is 0.497 e. The van der Waals surface area contributed by atoms with Gasteiger partial charge in [-0.2, -0.15) is 4.31 Å². The van der Waals surface area contributed by atoms with Crippen molar-refractivity contribution in [2.45, 2.75) is 43.8 Å². The van der Waals surface area contributed by atoms with Crippen molar-refractivity contribution in [3.8, 4) is 5.75 Å². The van der Waals surface area contributed by atoms with Crippen molar-refractivity contribution in [2.24, 2.45) is 0 Å². The Bertz CT molecular complexity index is 1640. The fraction of sp³-hybridized carbons (Fsp3) is 0.273. The second kappa shape index (κ2) is 13.6. The smallest absolute Gasteiger partial charge is 0.243 e. The van der Waals surface area contributed by atoms with Gasteiger partial charge in [-0.1, -0.05) is 72.8 Å². The normalized spacial score (nSPS) is 12.3. The molecule has 0 aliphatic rings. The van der Waals surface area contributed by atoms with Crippen LogP contribution >= 0.6 is 0 Å². The summed E-state index contributed by atoms with van der Waals surface area (Å²) < 4.78 is 33.6. The van der Waals surface area contributed by atoms with E-state index in [1.54, 1.807) is 37.4 Å². The lowest BCUT2D eigenvalue weighted by Gasteiger charge is -2.33. The summed E-state index contributed by atoms with van der Waals surface area (Å²) in [5.74, 6) is -0.197. The number of carbonyl (C=O) groups excluding carboxylic acids is 2. The molecule has 0 unspecified atom stereocenters. The average molecular weight is 588 g/mol. The van der Waals surface area contributed by atoms with Crippen LogP contribution < -0.4 is 10.1 Å². The maximum absolute atomic E-state index is 14.0. The number of amides is 2. The van der Waals surface area contributed by atoms with E-state index in [1.807, 2.05) is 80.6 Å². The Balaban J connectivity index is 1.68. The van der Waals surface area contributed by atoms with Gasteiger partial charge in [0.05, 0.1) is 18.6 Å². The van der Waals surface area contributed by atoms with Crippen LogP contribution in [0.25, 0.3) is 10.8 Å². The number of benzene rings is 4. The van der Waals surface area contributed by atoms with Gasteiger partial charge in [0.1, 0.15) is 11.8 Å². The number of likely N-dealkylation sites (N-methyl/N-ethyl adjacent to an activating group) is 1. The van der Waals surface area contributed by atoms with Gasteiger partial charge in [0.25, 0.3) is 0 Å². The van der Waals surface area contributed by atoms with Crippen molar-refractivity contribution in [3.05, 3.63) is 108 Å². The molecule has 2 amide bonds. The lowest BCUT2D eigenvalue weighted by atomic mass is 10.0. The number of hydrogen-bond donors (Lipinski definition) is 1. The summed E-state index contributed by atoms with van der Waals surface area (Å²) in [6, 6.07) is 28.1. The molecule has 9 heteroatoms. The van der Waals surface area contributed by atoms with E-state index in [2.05, 4.69) is 5.32 Å². The number of hydrogen-bond acceptors (Lipinski definition) is 5. The number of carbonyl (C=O) groups is 2. The molecule has 1 N–H and O–H groups in total. The minimum Gasteiger partial charge on any atom is -0.497 e. The number of ether oxygens (including phenoxy) is 1. The highest BCUT2D eigenvalue weighted by atomic mass is 32.2. The summed E-state index contributed by atoms with van der Waals surface area (Å²) in [5.41, 5.74) is 1.63. The van der Waals surface area contributed by atoms with Gasteiger partial charge in [0.15, 0.2) is 0 Å². The maximum atomic E-state index is 14.0. The molecule has 0 aliphatic heterocycles. The van der Waals surface area contributed by atoms with E-state index < -0.39 is 28.5 Å². The Kier molecular flexibility index (Phi) is 9.98. The summed E-state index contributed by atoms with van der Waals surface area (Å²) in [7, 11) is -1.06. The van der Waals surface area contributed by atoms with Gasteiger partial charge < -0.3 is 15.0 Å². The molecule has 1 atom stereocenters. The average Bonchev–Trinajstić information content (AvgIpc) is 2.98. The molecular weight excluding hydrogens is 550 g/mol. The van der Waals surface area contributed by atoms with Gasteiger partial charge in [-0.25, -0.2) is 8.42 Å². The van der Waals surface area contributed by atoms with Crippen LogP contribution in [0.1, 0.15) is 25.0 Å². The highest BCUT2D eigenvalue weighted by molar-refractivity contribution is 7.89. The standard InChI is InChI=1S/C33H37N3O5S/c1-24(2)34-33(38)31(20-25-11-6-5-7-12-25)36(22-26-13-10-16-29(19-26)41-4)32(37)23-35(3)42(39,40)30-18-17-27-14-8-9-15-28(27)21-30/h5-19,21,24,31H,20,22-23H2,1-4H3,(H,34,38)/t31-/m1/s1. The van der Waals surface area contributed by atoms with Crippen molar-refractivity contribution in [2.75, 3.05) is 20.7 Å². The number of fused-ring (bicyclic) bond motifs is 1. The molecule has 0 saturated carbocycles. The molecule has 8 nitrogen and oxygen atoms in total. The fourth-order valence-corrected chi connectivity index (χ4v) is 5.93. The second-order valence-corrected chi connectivity index (χ2v) is 12.6. The SMILES string of the molecule is COc1cccc(CN(C(=O)CN(C)S(=O)(=O)c2ccc3ccccc3c2)[C@H](Cc2ccccc2)C(=O)NC(C)C)c1. The zero-order valence-electron chi connectivity index (χ0n) is 24.4. The van der Waals surface area contributed by atoms with Crippen LogP contribution in [0.3, 0.4) is 0 Å². The minimum absolute atomic E-state index is 0.0862. The summed E-state index contributed by atoms with van der Waals surface area (Å²) in [6.07, 6.45) is 0.260. The van der Waals surface area contributed by atoms with E-state index in [1.165, 1.54) is 11.9 Å². The third-order valence-electron chi connectivity index (χ3n) is 6.98. The lowest BCUT2D eigenvalue weighted by Crippen LogP contribution is -2.53. The Labute approximate surface area is 248 Å². The predicted molar refractivity (Wildman–Crippen MR) is 165 cm³/mol. The first-order valence-corrected chi connectivity index (χ1v) is 15.2. The number of nitrogens with one attached hydrogen (secondary N) is 1. The summed E-state index contributed by atoms with van der Waals surface area (Å²) in [6.45, 7) is 3.35. The highest BCUT2D eigenvalue weighted by Crippen LogP contribution is 2.23. The van der Waals surface area contributed by atoms with E-state index in [0.717, 1.165) is 26.2 Å². The Morgan fingerprint density at radius 1 is 0.833 bits per heavy atom. The molecule has 0 aromatic heterocycles. The molecule has 220 valence electrons. The van der Waals surface area contributed by atoms with E-state index in [0.29, 0.717) is 5.75 Å². The van der Waals surface area contributed by atoms with Gasteiger partial charge in [0, 0.05) is 26.1 Å². The quantitative estimate of drug-likeness (QED) is 0.261. The van der Waals surface area contributed by atoms with Crippen LogP contribution in [-0.4, -0.2) is 62.2 Å². The molecule has 0 fully saturated rings. The number of methoxy groups -OCH3 is 1. The third kappa shape index (κ3) is 7.54. The Hall–Kier alpha value is -4.21. The van der Waals surface area contributed by atoms with E-state index in [4.69, 9.17) is 4.74 Å². The number of sulfonamides is 1. The minimum atomic E-state index is -4.00. The molecule has 0 aliphatic carbocycles. The van der Waals surface area contributed by atoms with Crippen LogP contribution in [0.2, 0.25) is 0 Å². The van der Waals surface area contributed by atoms with Crippen LogP contribution in [-0.2, 0) is 32.6 Å². The molecular formula is C33H37N3O5S. The second-order valence-electron chi connectivity index (χ2n) is 10.5. The van der Waals surface area contributed by atoms with Crippen LogP contribution in [0.15, 0.2) is 102 Å². The molecule has 0 bridgehead atoms. The first kappa shape index (κ1) is 30.7. The van der Waals surface area contributed by atoms with Gasteiger partial charge in [0.2, 0.25) is 21.8 Å². The van der Waals surface area contributed by atoms with E-state index in [9.17, 15) is 18.0 Å². The summed E-state index contributed by atoms with van der Waals surface area (Å²) >= 11 is 0. The molecule has 4 rings (SSSR count). The Morgan fingerprint density at radius 2 is 1.50 bits per heavy atom. The van der Waals surface area contributed by atoms with Gasteiger partial charge in [-0.15, -0.1) is 0 Å². The molecule has 0 spiro atoms. The number of rotatable bonds is 12. The first-order chi connectivity index (χ1) is 20.1. The fourth-order valence-electron chi connectivity index (χ4n) is 4.78. The predicted octanol–water partition coefficient (Wildman–Crippen LogP) is 4.63. The molecule has 0 heterocycles. The van der Waals surface area contributed by atoms with E-state index in [-0.39, 0.29) is 29.8 Å². The van der Waals surface area contributed by atoms with Crippen molar-refractivity contribution in [1.82, 2.24) is 14.5 Å². The van der Waals surface area contributed by atoms with Gasteiger partial charge >= 0.3 is 0 Å². The molecule has 42 heavy (non-hydrogen) atoms. The summed E-state index contributed by atoms with van der Waals surface area (Å²) in [5, 5.41) is 4.64. The van der Waals surface area contributed by atoms with Crippen molar-refractivity contribution >= 4 is 32.6 Å². The van der Waals surface area contributed by atoms with Crippen LogP contribution in [0.5, 0.6) is 5.75 Å². The first-order valence-electron chi connectivity index (χ1n) is 13.8. The topological polar surface area (TPSA) is 96.0 Å². The zero-order chi connectivity index (χ0) is 30.3. The van der Waals surface area contributed by atoms with E-state index >= 15 is 0 Å². The number of nitrogens with zero attached hydrogens (tertiary/aromatic N) is 2. The third-order valence-corrected chi connectivity index (χ3v) is 8.78. The summed E-state index contributed by atoms with van der Waals surface area (Å²) in [4.78, 5) is 29.2.